The Bertz CT molecular complexity index is 455. The van der Waals surface area contributed by atoms with Crippen molar-refractivity contribution in [2.24, 2.45) is 7.05 Å². The fourth-order valence-electron chi connectivity index (χ4n) is 1.90. The van der Waals surface area contributed by atoms with Gasteiger partial charge >= 0.3 is 0 Å². The molecule has 4 heteroatoms. The molecule has 0 bridgehead atoms. The molecule has 1 N–H and O–H groups in total. The van der Waals surface area contributed by atoms with Crippen molar-refractivity contribution in [1.82, 2.24) is 19.7 Å². The molecule has 0 saturated carbocycles. The summed E-state index contributed by atoms with van der Waals surface area (Å²) in [5.41, 5.74) is 2.54. The van der Waals surface area contributed by atoms with Gasteiger partial charge in [0.05, 0.1) is 5.69 Å². The van der Waals surface area contributed by atoms with Gasteiger partial charge in [-0.1, -0.05) is 6.92 Å². The zero-order valence-corrected chi connectivity index (χ0v) is 10.6. The zero-order chi connectivity index (χ0) is 12.1. The van der Waals surface area contributed by atoms with Crippen molar-refractivity contribution < 1.29 is 0 Å². The molecule has 0 aromatic carbocycles. The van der Waals surface area contributed by atoms with Crippen LogP contribution in [0.3, 0.4) is 0 Å². The Kier molecular flexibility index (Phi) is 3.98. The first kappa shape index (κ1) is 11.9. The van der Waals surface area contributed by atoms with Gasteiger partial charge in [0, 0.05) is 45.3 Å². The van der Waals surface area contributed by atoms with Gasteiger partial charge in [0.2, 0.25) is 0 Å². The lowest BCUT2D eigenvalue weighted by atomic mass is 10.3. The number of nitrogens with one attached hydrogen (secondary N) is 1. The molecule has 0 radical (unpaired) electrons. The topological polar surface area (TPSA) is 34.8 Å². The van der Waals surface area contributed by atoms with Crippen LogP contribution in [0.4, 0.5) is 0 Å². The third-order valence-corrected chi connectivity index (χ3v) is 2.85. The van der Waals surface area contributed by atoms with Crippen LogP contribution in [0, 0.1) is 0 Å². The lowest BCUT2D eigenvalue weighted by Gasteiger charge is -2.04. The minimum atomic E-state index is 0.857. The summed E-state index contributed by atoms with van der Waals surface area (Å²) in [5, 5.41) is 7.57. The number of hydrogen-bond donors (Lipinski definition) is 1. The Morgan fingerprint density at radius 3 is 2.88 bits per heavy atom. The van der Waals surface area contributed by atoms with Crippen molar-refractivity contribution in [2.45, 2.75) is 33.0 Å². The zero-order valence-electron chi connectivity index (χ0n) is 10.6. The summed E-state index contributed by atoms with van der Waals surface area (Å²) in [6, 6.07) is 4.21. The largest absolute Gasteiger partial charge is 0.354 e. The predicted molar refractivity (Wildman–Crippen MR) is 68.5 cm³/mol. The van der Waals surface area contributed by atoms with Crippen LogP contribution in [0.15, 0.2) is 30.7 Å². The van der Waals surface area contributed by atoms with Crippen LogP contribution in [-0.2, 0) is 26.7 Å². The van der Waals surface area contributed by atoms with E-state index in [9.17, 15) is 0 Å². The van der Waals surface area contributed by atoms with Gasteiger partial charge in [0.15, 0.2) is 0 Å². The highest BCUT2D eigenvalue weighted by molar-refractivity contribution is 5.10. The first-order chi connectivity index (χ1) is 8.29. The highest BCUT2D eigenvalue weighted by Gasteiger charge is 1.99. The van der Waals surface area contributed by atoms with Gasteiger partial charge in [-0.3, -0.25) is 4.68 Å². The molecular weight excluding hydrogens is 212 g/mol. The SMILES string of the molecule is CCCn1ccc(CNCc2ccnn2C)c1. The molecule has 0 aliphatic carbocycles. The summed E-state index contributed by atoms with van der Waals surface area (Å²) in [7, 11) is 1.97. The Balaban J connectivity index is 1.80. The van der Waals surface area contributed by atoms with E-state index in [1.165, 1.54) is 17.7 Å². The average Bonchev–Trinajstić information content (AvgIpc) is 2.90. The number of aryl methyl sites for hydroxylation is 2. The Morgan fingerprint density at radius 1 is 1.29 bits per heavy atom. The normalized spacial score (nSPS) is 10.9. The maximum absolute atomic E-state index is 4.14. The van der Waals surface area contributed by atoms with Crippen LogP contribution >= 0.6 is 0 Å². The van der Waals surface area contributed by atoms with Crippen LogP contribution < -0.4 is 5.32 Å². The Labute approximate surface area is 102 Å². The van der Waals surface area contributed by atoms with Crippen molar-refractivity contribution in [3.63, 3.8) is 0 Å². The van der Waals surface area contributed by atoms with Crippen LogP contribution in [0.1, 0.15) is 24.6 Å². The number of aromatic nitrogens is 3. The molecule has 17 heavy (non-hydrogen) atoms. The first-order valence-electron chi connectivity index (χ1n) is 6.12. The van der Waals surface area contributed by atoms with Crippen LogP contribution in [0.5, 0.6) is 0 Å². The Hall–Kier alpha value is -1.55. The number of nitrogens with zero attached hydrogens (tertiary/aromatic N) is 3. The van der Waals surface area contributed by atoms with Crippen LogP contribution in [0.25, 0.3) is 0 Å². The molecule has 0 unspecified atom stereocenters. The van der Waals surface area contributed by atoms with Gasteiger partial charge in [-0.25, -0.2) is 0 Å². The lowest BCUT2D eigenvalue weighted by Crippen LogP contribution is -2.14. The van der Waals surface area contributed by atoms with E-state index in [0.29, 0.717) is 0 Å². The molecular formula is C13H20N4. The van der Waals surface area contributed by atoms with Crippen molar-refractivity contribution >= 4 is 0 Å². The molecule has 0 atom stereocenters. The van der Waals surface area contributed by atoms with E-state index in [0.717, 1.165) is 19.6 Å². The third-order valence-electron chi connectivity index (χ3n) is 2.85. The van der Waals surface area contributed by atoms with Crippen LogP contribution in [-0.4, -0.2) is 14.3 Å². The van der Waals surface area contributed by atoms with Gasteiger partial charge in [-0.2, -0.15) is 5.10 Å². The molecule has 2 heterocycles. The Morgan fingerprint density at radius 2 is 2.18 bits per heavy atom. The summed E-state index contributed by atoms with van der Waals surface area (Å²) in [4.78, 5) is 0. The highest BCUT2D eigenvalue weighted by Crippen LogP contribution is 2.03. The van der Waals surface area contributed by atoms with E-state index < -0.39 is 0 Å². The molecule has 0 spiro atoms. The number of hydrogen-bond acceptors (Lipinski definition) is 2. The summed E-state index contributed by atoms with van der Waals surface area (Å²) in [6.07, 6.45) is 7.36. The minimum absolute atomic E-state index is 0.857. The van der Waals surface area contributed by atoms with Gasteiger partial charge in [-0.05, 0) is 24.1 Å². The third kappa shape index (κ3) is 3.20. The van der Waals surface area contributed by atoms with Gasteiger partial charge in [0.1, 0.15) is 0 Å². The standard InChI is InChI=1S/C13H20N4/c1-3-7-17-8-5-12(11-17)9-14-10-13-4-6-15-16(13)2/h4-6,8,11,14H,3,7,9-10H2,1-2H3. The molecule has 0 aliphatic rings. The smallest absolute Gasteiger partial charge is 0.0518 e. The molecule has 0 saturated heterocycles. The molecule has 92 valence electrons. The van der Waals surface area contributed by atoms with Gasteiger partial charge < -0.3 is 9.88 Å². The van der Waals surface area contributed by atoms with E-state index in [1.54, 1.807) is 0 Å². The quantitative estimate of drug-likeness (QED) is 0.825. The molecule has 4 nitrogen and oxygen atoms in total. The predicted octanol–water partition coefficient (Wildman–Crippen LogP) is 1.92. The highest BCUT2D eigenvalue weighted by atomic mass is 15.3. The second-order valence-electron chi connectivity index (χ2n) is 4.31. The van der Waals surface area contributed by atoms with Gasteiger partial charge in [0.25, 0.3) is 0 Å². The second kappa shape index (κ2) is 5.68. The molecule has 0 amide bonds. The van der Waals surface area contributed by atoms with E-state index >= 15 is 0 Å². The van der Waals surface area contributed by atoms with Crippen molar-refractivity contribution in [3.05, 3.63) is 42.0 Å². The maximum Gasteiger partial charge on any atom is 0.0518 e. The number of rotatable bonds is 6. The van der Waals surface area contributed by atoms with E-state index in [-0.39, 0.29) is 0 Å². The van der Waals surface area contributed by atoms with Crippen molar-refractivity contribution in [1.29, 1.82) is 0 Å². The lowest BCUT2D eigenvalue weighted by molar-refractivity contribution is 0.623. The molecule has 0 fully saturated rings. The molecule has 2 aromatic heterocycles. The molecule has 2 aromatic rings. The summed E-state index contributed by atoms with van der Waals surface area (Å²) < 4.78 is 4.14. The second-order valence-corrected chi connectivity index (χ2v) is 4.31. The maximum atomic E-state index is 4.14. The minimum Gasteiger partial charge on any atom is -0.354 e. The fourth-order valence-corrected chi connectivity index (χ4v) is 1.90. The van der Waals surface area contributed by atoms with Gasteiger partial charge in [-0.15, -0.1) is 0 Å². The fraction of sp³-hybridized carbons (Fsp3) is 0.462. The van der Waals surface area contributed by atoms with Crippen LogP contribution in [0.2, 0.25) is 0 Å². The first-order valence-corrected chi connectivity index (χ1v) is 6.12. The van der Waals surface area contributed by atoms with E-state index in [2.05, 4.69) is 40.4 Å². The van der Waals surface area contributed by atoms with Crippen molar-refractivity contribution in [3.8, 4) is 0 Å². The average molecular weight is 232 g/mol. The van der Waals surface area contributed by atoms with E-state index in [1.807, 2.05) is 24.0 Å². The summed E-state index contributed by atoms with van der Waals surface area (Å²) >= 11 is 0. The van der Waals surface area contributed by atoms with Crippen molar-refractivity contribution in [2.75, 3.05) is 0 Å². The molecule has 0 aliphatic heterocycles. The summed E-state index contributed by atoms with van der Waals surface area (Å²) in [5.74, 6) is 0. The molecule has 2 rings (SSSR count). The summed E-state index contributed by atoms with van der Waals surface area (Å²) in [6.45, 7) is 5.05. The van der Waals surface area contributed by atoms with E-state index in [4.69, 9.17) is 0 Å². The monoisotopic (exact) mass is 232 g/mol.